The first kappa shape index (κ1) is 13.9. The van der Waals surface area contributed by atoms with E-state index in [9.17, 15) is 0 Å². The second kappa shape index (κ2) is 7.13. The van der Waals surface area contributed by atoms with Crippen molar-refractivity contribution in [3.8, 4) is 11.8 Å². The molecule has 1 fully saturated rings. The van der Waals surface area contributed by atoms with Crippen LogP contribution in [0.1, 0.15) is 24.8 Å². The number of aliphatic hydroxyl groups excluding tert-OH is 1. The molecule has 0 radical (unpaired) electrons. The highest BCUT2D eigenvalue weighted by Crippen LogP contribution is 2.20. The zero-order chi connectivity index (χ0) is 13.5. The Balaban J connectivity index is 1.70. The van der Waals surface area contributed by atoms with Gasteiger partial charge in [0.05, 0.1) is 18.7 Å². The van der Waals surface area contributed by atoms with Gasteiger partial charge in [0.2, 0.25) is 0 Å². The van der Waals surface area contributed by atoms with Crippen LogP contribution in [-0.4, -0.2) is 30.4 Å². The van der Waals surface area contributed by atoms with Crippen LogP contribution in [0.25, 0.3) is 0 Å². The third-order valence-electron chi connectivity index (χ3n) is 3.17. The third kappa shape index (κ3) is 4.90. The highest BCUT2D eigenvalue weighted by atomic mass is 16.5. The summed E-state index contributed by atoms with van der Waals surface area (Å²) in [5, 5.41) is 21.1. The van der Waals surface area contributed by atoms with Crippen LogP contribution in [0.15, 0.2) is 24.3 Å². The van der Waals surface area contributed by atoms with Crippen molar-refractivity contribution in [3.05, 3.63) is 29.8 Å². The van der Waals surface area contributed by atoms with Crippen molar-refractivity contribution in [2.24, 2.45) is 0 Å². The molecule has 0 spiro atoms. The van der Waals surface area contributed by atoms with Gasteiger partial charge in [-0.15, -0.1) is 0 Å². The minimum Gasteiger partial charge on any atom is -0.493 e. The Morgan fingerprint density at radius 2 is 2.11 bits per heavy atom. The molecule has 0 saturated heterocycles. The lowest BCUT2D eigenvalue weighted by molar-refractivity contribution is 0.295. The summed E-state index contributed by atoms with van der Waals surface area (Å²) in [4.78, 5) is 0. The summed E-state index contributed by atoms with van der Waals surface area (Å²) in [6.07, 6.45) is 3.74. The number of aliphatic hydroxyl groups is 1. The Morgan fingerprint density at radius 3 is 2.68 bits per heavy atom. The molecule has 1 saturated carbocycles. The predicted octanol–water partition coefficient (Wildman–Crippen LogP) is 1.63. The molecular formula is C15H20N2O2. The van der Waals surface area contributed by atoms with Crippen molar-refractivity contribution in [2.45, 2.75) is 37.8 Å². The van der Waals surface area contributed by atoms with Crippen LogP contribution >= 0.6 is 0 Å². The number of hydrogen-bond donors (Lipinski definition) is 2. The molecule has 19 heavy (non-hydrogen) atoms. The first-order chi connectivity index (χ1) is 9.31. The van der Waals surface area contributed by atoms with E-state index in [-0.39, 0.29) is 12.6 Å². The number of nitriles is 1. The minimum absolute atomic E-state index is 0.110. The fourth-order valence-electron chi connectivity index (χ4n) is 1.90. The second-order valence-electron chi connectivity index (χ2n) is 4.88. The van der Waals surface area contributed by atoms with Gasteiger partial charge in [-0.3, -0.25) is 5.32 Å². The van der Waals surface area contributed by atoms with Gasteiger partial charge in [0, 0.05) is 19.1 Å². The van der Waals surface area contributed by atoms with Gasteiger partial charge in [0.25, 0.3) is 0 Å². The molecule has 2 rings (SSSR count). The van der Waals surface area contributed by atoms with E-state index >= 15 is 0 Å². The molecule has 2 N–H and O–H groups in total. The van der Waals surface area contributed by atoms with E-state index in [0.717, 1.165) is 11.3 Å². The van der Waals surface area contributed by atoms with Crippen LogP contribution in [0.5, 0.6) is 5.75 Å². The number of ether oxygens (including phenoxy) is 1. The van der Waals surface area contributed by atoms with E-state index in [1.807, 2.05) is 24.3 Å². The van der Waals surface area contributed by atoms with E-state index in [0.29, 0.717) is 25.5 Å². The lowest BCUT2D eigenvalue weighted by Gasteiger charge is -2.11. The van der Waals surface area contributed by atoms with Crippen LogP contribution in [0.2, 0.25) is 0 Å². The highest BCUT2D eigenvalue weighted by Gasteiger charge is 2.24. The summed E-state index contributed by atoms with van der Waals surface area (Å²) in [5.41, 5.74) is 1.10. The Labute approximate surface area is 114 Å². The molecule has 0 bridgehead atoms. The lowest BCUT2D eigenvalue weighted by atomic mass is 10.1. The van der Waals surface area contributed by atoms with Gasteiger partial charge in [-0.05, 0) is 37.0 Å². The standard InChI is InChI=1S/C15H20N2O2/c16-11-14(17-13-3-4-13)8-10-19-15-5-1-12(2-6-15)7-9-18/h1-2,5-6,13-14,17-18H,3-4,7-10H2. The zero-order valence-corrected chi connectivity index (χ0v) is 11.0. The fraction of sp³-hybridized carbons (Fsp3) is 0.533. The normalized spacial score (nSPS) is 15.8. The number of benzene rings is 1. The molecule has 1 unspecified atom stereocenters. The topological polar surface area (TPSA) is 65.3 Å². The van der Waals surface area contributed by atoms with Crippen molar-refractivity contribution >= 4 is 0 Å². The Kier molecular flexibility index (Phi) is 5.20. The summed E-state index contributed by atoms with van der Waals surface area (Å²) in [7, 11) is 0. The van der Waals surface area contributed by atoms with Crippen LogP contribution in [0, 0.1) is 11.3 Å². The summed E-state index contributed by atoms with van der Waals surface area (Å²) >= 11 is 0. The van der Waals surface area contributed by atoms with E-state index in [1.165, 1.54) is 12.8 Å². The molecule has 0 aromatic heterocycles. The summed E-state index contributed by atoms with van der Waals surface area (Å²) in [5.74, 6) is 0.810. The molecule has 0 aliphatic heterocycles. The van der Waals surface area contributed by atoms with Crippen molar-refractivity contribution in [3.63, 3.8) is 0 Å². The molecular weight excluding hydrogens is 240 g/mol. The predicted molar refractivity (Wildman–Crippen MR) is 72.9 cm³/mol. The van der Waals surface area contributed by atoms with Gasteiger partial charge < -0.3 is 9.84 Å². The first-order valence-corrected chi connectivity index (χ1v) is 6.80. The van der Waals surface area contributed by atoms with Crippen LogP contribution in [0.3, 0.4) is 0 Å². The second-order valence-corrected chi connectivity index (χ2v) is 4.88. The average molecular weight is 260 g/mol. The molecule has 1 aliphatic carbocycles. The minimum atomic E-state index is -0.110. The molecule has 4 nitrogen and oxygen atoms in total. The number of hydrogen-bond acceptors (Lipinski definition) is 4. The highest BCUT2D eigenvalue weighted by molar-refractivity contribution is 5.27. The maximum atomic E-state index is 9.00. The maximum Gasteiger partial charge on any atom is 0.119 e. The molecule has 1 aromatic carbocycles. The van der Waals surface area contributed by atoms with Crippen molar-refractivity contribution in [2.75, 3.05) is 13.2 Å². The number of nitrogens with one attached hydrogen (secondary N) is 1. The largest absolute Gasteiger partial charge is 0.493 e. The molecule has 1 aliphatic rings. The van der Waals surface area contributed by atoms with Crippen molar-refractivity contribution < 1.29 is 9.84 Å². The maximum absolute atomic E-state index is 9.00. The van der Waals surface area contributed by atoms with Gasteiger partial charge in [-0.1, -0.05) is 12.1 Å². The van der Waals surface area contributed by atoms with Crippen molar-refractivity contribution in [1.82, 2.24) is 5.32 Å². The Bertz CT molecular complexity index is 421. The van der Waals surface area contributed by atoms with Gasteiger partial charge in [-0.2, -0.15) is 5.26 Å². The van der Waals surface area contributed by atoms with Gasteiger partial charge in [0.15, 0.2) is 0 Å². The van der Waals surface area contributed by atoms with Crippen LogP contribution in [0.4, 0.5) is 0 Å². The summed E-state index contributed by atoms with van der Waals surface area (Å²) in [6.45, 7) is 0.703. The quantitative estimate of drug-likeness (QED) is 0.745. The molecule has 4 heteroatoms. The van der Waals surface area contributed by atoms with Gasteiger partial charge in [-0.25, -0.2) is 0 Å². The molecule has 0 heterocycles. The van der Waals surface area contributed by atoms with E-state index in [4.69, 9.17) is 15.1 Å². The van der Waals surface area contributed by atoms with Gasteiger partial charge in [0.1, 0.15) is 5.75 Å². The lowest BCUT2D eigenvalue weighted by Crippen LogP contribution is -2.31. The molecule has 102 valence electrons. The summed E-state index contributed by atoms with van der Waals surface area (Å²) in [6, 6.07) is 10.4. The number of rotatable bonds is 8. The smallest absolute Gasteiger partial charge is 0.119 e. The number of nitrogens with zero attached hydrogens (tertiary/aromatic N) is 1. The third-order valence-corrected chi connectivity index (χ3v) is 3.17. The average Bonchev–Trinajstić information content (AvgIpc) is 3.24. The van der Waals surface area contributed by atoms with Crippen LogP contribution < -0.4 is 10.1 Å². The molecule has 1 aromatic rings. The Hall–Kier alpha value is -1.57. The van der Waals surface area contributed by atoms with E-state index < -0.39 is 0 Å². The van der Waals surface area contributed by atoms with Crippen molar-refractivity contribution in [1.29, 1.82) is 5.26 Å². The van der Waals surface area contributed by atoms with E-state index in [2.05, 4.69) is 11.4 Å². The first-order valence-electron chi connectivity index (χ1n) is 6.80. The molecule has 1 atom stereocenters. The fourth-order valence-corrected chi connectivity index (χ4v) is 1.90. The molecule has 0 amide bonds. The van der Waals surface area contributed by atoms with Gasteiger partial charge >= 0.3 is 0 Å². The SMILES string of the molecule is N#CC(CCOc1ccc(CCO)cc1)NC1CC1. The van der Waals surface area contributed by atoms with Crippen LogP contribution in [-0.2, 0) is 6.42 Å². The van der Waals surface area contributed by atoms with E-state index in [1.54, 1.807) is 0 Å². The Morgan fingerprint density at radius 1 is 1.37 bits per heavy atom. The zero-order valence-electron chi connectivity index (χ0n) is 11.0. The summed E-state index contributed by atoms with van der Waals surface area (Å²) < 4.78 is 5.62. The monoisotopic (exact) mass is 260 g/mol.